The van der Waals surface area contributed by atoms with Gasteiger partial charge in [0.15, 0.2) is 0 Å². The van der Waals surface area contributed by atoms with Crippen molar-refractivity contribution in [1.29, 1.82) is 0 Å². The van der Waals surface area contributed by atoms with Gasteiger partial charge in [0.2, 0.25) is 0 Å². The largest absolute Gasteiger partial charge is 0.299 e. The summed E-state index contributed by atoms with van der Waals surface area (Å²) in [6.45, 7) is 3.18. The third kappa shape index (κ3) is 3.85. The van der Waals surface area contributed by atoms with Gasteiger partial charge in [-0.15, -0.1) is 11.6 Å². The average molecular weight is 337 g/mol. The Hall–Kier alpha value is 0.240. The van der Waals surface area contributed by atoms with Gasteiger partial charge in [0, 0.05) is 28.5 Å². The van der Waals surface area contributed by atoms with Crippen molar-refractivity contribution in [3.63, 3.8) is 0 Å². The van der Waals surface area contributed by atoms with Crippen molar-refractivity contribution in [3.05, 3.63) is 33.3 Å². The zero-order chi connectivity index (χ0) is 12.3. The van der Waals surface area contributed by atoms with Gasteiger partial charge >= 0.3 is 0 Å². The molecule has 1 fully saturated rings. The van der Waals surface area contributed by atoms with E-state index in [-0.39, 0.29) is 0 Å². The lowest BCUT2D eigenvalue weighted by atomic mass is 9.99. The second-order valence-electron chi connectivity index (χ2n) is 4.63. The number of likely N-dealkylation sites (tertiary alicyclic amines) is 1. The van der Waals surface area contributed by atoms with Crippen LogP contribution in [-0.4, -0.2) is 23.9 Å². The number of piperidine rings is 1. The molecule has 1 unspecified atom stereocenters. The van der Waals surface area contributed by atoms with E-state index in [1.807, 2.05) is 12.1 Å². The number of benzene rings is 1. The lowest BCUT2D eigenvalue weighted by Crippen LogP contribution is -2.35. The SMILES string of the molecule is ClCC1CCCN(Cc2ccc(Br)cc2Cl)C1. The molecule has 0 amide bonds. The summed E-state index contributed by atoms with van der Waals surface area (Å²) in [5, 5.41) is 0.840. The van der Waals surface area contributed by atoms with Gasteiger partial charge in [0.25, 0.3) is 0 Å². The van der Waals surface area contributed by atoms with Gasteiger partial charge in [0.1, 0.15) is 0 Å². The summed E-state index contributed by atoms with van der Waals surface area (Å²) in [5.74, 6) is 1.41. The molecule has 1 heterocycles. The lowest BCUT2D eigenvalue weighted by molar-refractivity contribution is 0.178. The Morgan fingerprint density at radius 1 is 1.41 bits per heavy atom. The number of nitrogens with zero attached hydrogens (tertiary/aromatic N) is 1. The molecule has 1 aromatic rings. The molecule has 4 heteroatoms. The highest BCUT2D eigenvalue weighted by molar-refractivity contribution is 9.10. The van der Waals surface area contributed by atoms with Crippen LogP contribution in [0.5, 0.6) is 0 Å². The molecule has 1 aliphatic rings. The molecule has 1 aromatic carbocycles. The second kappa shape index (κ2) is 6.42. The maximum Gasteiger partial charge on any atom is 0.0462 e. The second-order valence-corrected chi connectivity index (χ2v) is 6.26. The number of hydrogen-bond donors (Lipinski definition) is 0. The van der Waals surface area contributed by atoms with E-state index in [9.17, 15) is 0 Å². The standard InChI is InChI=1S/C13H16BrCl2N/c14-12-4-3-11(13(16)6-12)9-17-5-1-2-10(7-15)8-17/h3-4,6,10H,1-2,5,7-9H2. The Bertz CT molecular complexity index is 384. The molecular formula is C13H16BrCl2N. The summed E-state index contributed by atoms with van der Waals surface area (Å²) in [6, 6.07) is 6.10. The minimum absolute atomic E-state index is 0.639. The number of alkyl halides is 1. The summed E-state index contributed by atoms with van der Waals surface area (Å²) < 4.78 is 1.03. The predicted octanol–water partition coefficient (Wildman–Crippen LogP) is 4.55. The third-order valence-corrected chi connectivity index (χ3v) is 4.51. The predicted molar refractivity (Wildman–Crippen MR) is 77.9 cm³/mol. The molecular weight excluding hydrogens is 321 g/mol. The highest BCUT2D eigenvalue weighted by Crippen LogP contribution is 2.25. The van der Waals surface area contributed by atoms with Crippen LogP contribution in [0.4, 0.5) is 0 Å². The molecule has 1 saturated heterocycles. The average Bonchev–Trinajstić information content (AvgIpc) is 2.33. The Morgan fingerprint density at radius 3 is 2.94 bits per heavy atom. The van der Waals surface area contributed by atoms with Gasteiger partial charge in [0.05, 0.1) is 0 Å². The van der Waals surface area contributed by atoms with Crippen LogP contribution in [0.15, 0.2) is 22.7 Å². The highest BCUT2D eigenvalue weighted by atomic mass is 79.9. The molecule has 0 aromatic heterocycles. The van der Waals surface area contributed by atoms with E-state index >= 15 is 0 Å². The molecule has 17 heavy (non-hydrogen) atoms. The molecule has 1 aliphatic heterocycles. The summed E-state index contributed by atoms with van der Waals surface area (Å²) >= 11 is 15.6. The van der Waals surface area contributed by atoms with Crippen LogP contribution in [0.1, 0.15) is 18.4 Å². The first-order chi connectivity index (χ1) is 8.19. The van der Waals surface area contributed by atoms with Crippen LogP contribution < -0.4 is 0 Å². The van der Waals surface area contributed by atoms with Gasteiger partial charge in [-0.05, 0) is 43.0 Å². The monoisotopic (exact) mass is 335 g/mol. The maximum atomic E-state index is 6.24. The van der Waals surface area contributed by atoms with Crippen LogP contribution in [-0.2, 0) is 6.54 Å². The van der Waals surface area contributed by atoms with Gasteiger partial charge in [-0.3, -0.25) is 4.90 Å². The van der Waals surface area contributed by atoms with Crippen molar-refractivity contribution < 1.29 is 0 Å². The van der Waals surface area contributed by atoms with Crippen molar-refractivity contribution in [1.82, 2.24) is 4.90 Å². The van der Waals surface area contributed by atoms with Crippen molar-refractivity contribution in [2.24, 2.45) is 5.92 Å². The minimum Gasteiger partial charge on any atom is -0.299 e. The molecule has 94 valence electrons. The van der Waals surface area contributed by atoms with E-state index < -0.39 is 0 Å². The number of hydrogen-bond acceptors (Lipinski definition) is 1. The molecule has 1 atom stereocenters. The topological polar surface area (TPSA) is 3.24 Å². The Kier molecular flexibility index (Phi) is 5.16. The van der Waals surface area contributed by atoms with Gasteiger partial charge < -0.3 is 0 Å². The zero-order valence-electron chi connectivity index (χ0n) is 9.63. The molecule has 2 rings (SSSR count). The van der Waals surface area contributed by atoms with Crippen LogP contribution >= 0.6 is 39.1 Å². The summed E-state index contributed by atoms with van der Waals surface area (Å²) in [6.07, 6.45) is 2.50. The third-order valence-electron chi connectivity index (χ3n) is 3.23. The van der Waals surface area contributed by atoms with E-state index in [0.717, 1.165) is 35.0 Å². The van der Waals surface area contributed by atoms with E-state index in [4.69, 9.17) is 23.2 Å². The molecule has 0 saturated carbocycles. The van der Waals surface area contributed by atoms with Crippen LogP contribution in [0, 0.1) is 5.92 Å². The van der Waals surface area contributed by atoms with E-state index in [1.165, 1.54) is 18.4 Å². The minimum atomic E-state index is 0.639. The normalized spacial score (nSPS) is 21.7. The summed E-state index contributed by atoms with van der Waals surface area (Å²) in [7, 11) is 0. The molecule has 1 nitrogen and oxygen atoms in total. The van der Waals surface area contributed by atoms with Crippen LogP contribution in [0.3, 0.4) is 0 Å². The van der Waals surface area contributed by atoms with Crippen LogP contribution in [0.2, 0.25) is 5.02 Å². The Balaban J connectivity index is 2.00. The van der Waals surface area contributed by atoms with E-state index in [1.54, 1.807) is 0 Å². The fourth-order valence-corrected chi connectivity index (χ4v) is 3.30. The maximum absolute atomic E-state index is 6.24. The molecule has 0 radical (unpaired) electrons. The fraction of sp³-hybridized carbons (Fsp3) is 0.538. The quantitative estimate of drug-likeness (QED) is 0.732. The fourth-order valence-electron chi connectivity index (χ4n) is 2.31. The number of rotatable bonds is 3. The Morgan fingerprint density at radius 2 is 2.24 bits per heavy atom. The Labute approximate surface area is 121 Å². The first-order valence-electron chi connectivity index (χ1n) is 5.91. The zero-order valence-corrected chi connectivity index (χ0v) is 12.7. The van der Waals surface area contributed by atoms with Crippen molar-refractivity contribution in [2.75, 3.05) is 19.0 Å². The first-order valence-corrected chi connectivity index (χ1v) is 7.62. The molecule has 0 N–H and O–H groups in total. The van der Waals surface area contributed by atoms with Gasteiger partial charge in [-0.1, -0.05) is 33.6 Å². The van der Waals surface area contributed by atoms with Crippen molar-refractivity contribution >= 4 is 39.1 Å². The summed E-state index contributed by atoms with van der Waals surface area (Å²) in [4.78, 5) is 2.45. The van der Waals surface area contributed by atoms with Gasteiger partial charge in [-0.2, -0.15) is 0 Å². The van der Waals surface area contributed by atoms with Crippen LogP contribution in [0.25, 0.3) is 0 Å². The smallest absolute Gasteiger partial charge is 0.0462 e. The van der Waals surface area contributed by atoms with Crippen molar-refractivity contribution in [2.45, 2.75) is 19.4 Å². The molecule has 0 bridgehead atoms. The van der Waals surface area contributed by atoms with E-state index in [0.29, 0.717) is 5.92 Å². The van der Waals surface area contributed by atoms with E-state index in [2.05, 4.69) is 26.9 Å². The summed E-state index contributed by atoms with van der Waals surface area (Å²) in [5.41, 5.74) is 1.20. The molecule has 0 spiro atoms. The number of halogens is 3. The highest BCUT2D eigenvalue weighted by Gasteiger charge is 2.19. The lowest BCUT2D eigenvalue weighted by Gasteiger charge is -2.31. The van der Waals surface area contributed by atoms with Crippen molar-refractivity contribution in [3.8, 4) is 0 Å². The van der Waals surface area contributed by atoms with Gasteiger partial charge in [-0.25, -0.2) is 0 Å². The molecule has 0 aliphatic carbocycles. The first kappa shape index (κ1) is 13.7.